The molecule has 232 valence electrons. The van der Waals surface area contributed by atoms with Gasteiger partial charge in [-0.25, -0.2) is 14.6 Å². The third kappa shape index (κ3) is 8.33. The van der Waals surface area contributed by atoms with E-state index in [1.165, 1.54) is 18.3 Å². The van der Waals surface area contributed by atoms with Crippen molar-refractivity contribution >= 4 is 40.2 Å². The summed E-state index contributed by atoms with van der Waals surface area (Å²) in [7, 11) is 0. The summed E-state index contributed by atoms with van der Waals surface area (Å²) >= 11 is 1.52. The minimum absolute atomic E-state index is 0.149. The molecular weight excluding hydrogens is 558 g/mol. The Morgan fingerprint density at radius 1 is 1.02 bits per heavy atom. The number of rotatable bonds is 10. The topological polar surface area (TPSA) is 159 Å². The largest absolute Gasteiger partial charge is 0.465 e. The molecule has 1 saturated heterocycles. The molecular formula is C29H45N7O5S. The molecule has 0 spiro atoms. The lowest BCUT2D eigenvalue weighted by molar-refractivity contribution is -0.114. The summed E-state index contributed by atoms with van der Waals surface area (Å²) in [5.41, 5.74) is 0.761. The van der Waals surface area contributed by atoms with Crippen molar-refractivity contribution in [2.24, 2.45) is 5.41 Å². The van der Waals surface area contributed by atoms with Gasteiger partial charge in [0.1, 0.15) is 0 Å². The summed E-state index contributed by atoms with van der Waals surface area (Å²) in [6, 6.07) is 7.53. The fraction of sp³-hybridized carbons (Fsp3) is 0.586. The number of anilines is 2. The number of piperazine rings is 1. The number of benzene rings is 1. The van der Waals surface area contributed by atoms with Gasteiger partial charge in [-0.1, -0.05) is 32.9 Å². The molecule has 1 fully saturated rings. The van der Waals surface area contributed by atoms with Gasteiger partial charge in [-0.15, -0.1) is 11.3 Å². The third-order valence-corrected chi connectivity index (χ3v) is 8.14. The Morgan fingerprint density at radius 3 is 2.14 bits per heavy atom. The molecule has 1 aliphatic heterocycles. The summed E-state index contributed by atoms with van der Waals surface area (Å²) < 4.78 is 0. The highest BCUT2D eigenvalue weighted by molar-refractivity contribution is 7.15. The van der Waals surface area contributed by atoms with Gasteiger partial charge in [0, 0.05) is 61.2 Å². The van der Waals surface area contributed by atoms with Gasteiger partial charge in [-0.2, -0.15) is 0 Å². The number of aryl methyl sites for hydroxylation is 2. The molecule has 0 saturated carbocycles. The molecule has 2 heterocycles. The van der Waals surface area contributed by atoms with Crippen LogP contribution in [-0.2, 0) is 24.2 Å². The molecule has 1 aromatic heterocycles. The minimum Gasteiger partial charge on any atom is -0.465 e. The quantitative estimate of drug-likeness (QED) is 0.216. The van der Waals surface area contributed by atoms with Crippen LogP contribution in [0.15, 0.2) is 24.3 Å². The lowest BCUT2D eigenvalue weighted by Crippen LogP contribution is -2.76. The lowest BCUT2D eigenvalue weighted by atomic mass is 9.82. The Kier molecular flexibility index (Phi) is 10.4. The molecule has 1 atom stereocenters. The van der Waals surface area contributed by atoms with Crippen molar-refractivity contribution in [3.05, 3.63) is 40.4 Å². The highest BCUT2D eigenvalue weighted by Crippen LogP contribution is 2.39. The minimum atomic E-state index is -1.68. The van der Waals surface area contributed by atoms with E-state index in [1.54, 1.807) is 41.5 Å². The first-order valence-electron chi connectivity index (χ1n) is 14.1. The van der Waals surface area contributed by atoms with Gasteiger partial charge in [0.15, 0.2) is 5.13 Å². The van der Waals surface area contributed by atoms with Gasteiger partial charge >= 0.3 is 12.2 Å². The summed E-state index contributed by atoms with van der Waals surface area (Å²) in [6.07, 6.45) is -1.20. The van der Waals surface area contributed by atoms with E-state index in [0.717, 1.165) is 53.8 Å². The Labute approximate surface area is 251 Å². The van der Waals surface area contributed by atoms with Crippen LogP contribution in [0.2, 0.25) is 0 Å². The molecule has 1 aliphatic rings. The zero-order chi connectivity index (χ0) is 31.3. The Morgan fingerprint density at radius 2 is 1.64 bits per heavy atom. The molecule has 12 nitrogen and oxygen atoms in total. The number of amides is 3. The van der Waals surface area contributed by atoms with Crippen LogP contribution in [0.5, 0.6) is 0 Å². The van der Waals surface area contributed by atoms with E-state index in [0.29, 0.717) is 23.7 Å². The molecule has 0 bridgehead atoms. The number of thiazole rings is 1. The van der Waals surface area contributed by atoms with Crippen molar-refractivity contribution in [3.8, 4) is 0 Å². The molecule has 3 rings (SSSR count). The Bertz CT molecular complexity index is 1250. The van der Waals surface area contributed by atoms with E-state index >= 15 is 0 Å². The first kappa shape index (κ1) is 33.1. The monoisotopic (exact) mass is 603 g/mol. The van der Waals surface area contributed by atoms with Gasteiger partial charge in [-0.05, 0) is 51.3 Å². The standard InChI is InChI=1S/C29H45N7O5S/c1-19(37)31-24-32-22(23(42-24)18-35-16-14-30-15-17-35)13-10-20-8-11-21(12-9-20)33-29(27(2,3)4,34-25(38)39)36(26(40)41)28(5,6)7/h8-9,11-12,30,33-34H,10,13-18H2,1-7H3,(H,38,39)(H,40,41)(H,31,32,37). The average Bonchev–Trinajstić information content (AvgIpc) is 3.22. The van der Waals surface area contributed by atoms with Crippen LogP contribution in [0.4, 0.5) is 20.4 Å². The smallest absolute Gasteiger partial charge is 0.411 e. The van der Waals surface area contributed by atoms with E-state index in [9.17, 15) is 24.6 Å². The number of nitrogens with zero attached hydrogens (tertiary/aromatic N) is 3. The van der Waals surface area contributed by atoms with E-state index in [4.69, 9.17) is 4.98 Å². The molecule has 13 heteroatoms. The van der Waals surface area contributed by atoms with Crippen LogP contribution in [0, 0.1) is 5.41 Å². The fourth-order valence-electron chi connectivity index (χ4n) is 5.15. The summed E-state index contributed by atoms with van der Waals surface area (Å²) in [5, 5.41) is 32.5. The zero-order valence-electron chi connectivity index (χ0n) is 25.6. The zero-order valence-corrected chi connectivity index (χ0v) is 26.4. The number of hydrogen-bond donors (Lipinski definition) is 6. The highest BCUT2D eigenvalue weighted by atomic mass is 32.1. The van der Waals surface area contributed by atoms with Crippen LogP contribution in [-0.4, -0.2) is 80.6 Å². The predicted molar refractivity (Wildman–Crippen MR) is 165 cm³/mol. The van der Waals surface area contributed by atoms with Gasteiger partial charge in [0.25, 0.3) is 0 Å². The molecule has 0 radical (unpaired) electrons. The first-order valence-corrected chi connectivity index (χ1v) is 14.9. The van der Waals surface area contributed by atoms with Crippen molar-refractivity contribution in [2.75, 3.05) is 36.8 Å². The van der Waals surface area contributed by atoms with Gasteiger partial charge in [0.05, 0.1) is 5.69 Å². The third-order valence-electron chi connectivity index (χ3n) is 7.14. The van der Waals surface area contributed by atoms with Gasteiger partial charge in [-0.3, -0.25) is 19.9 Å². The van der Waals surface area contributed by atoms with Crippen LogP contribution in [0.1, 0.15) is 64.6 Å². The van der Waals surface area contributed by atoms with Crippen LogP contribution < -0.4 is 21.3 Å². The number of carbonyl (C=O) groups is 3. The van der Waals surface area contributed by atoms with Crippen molar-refractivity contribution in [1.29, 1.82) is 0 Å². The predicted octanol–water partition coefficient (Wildman–Crippen LogP) is 4.45. The molecule has 0 aliphatic carbocycles. The van der Waals surface area contributed by atoms with Crippen molar-refractivity contribution in [1.82, 2.24) is 25.4 Å². The van der Waals surface area contributed by atoms with Crippen molar-refractivity contribution in [3.63, 3.8) is 0 Å². The Balaban J connectivity index is 1.83. The molecule has 6 N–H and O–H groups in total. The van der Waals surface area contributed by atoms with Crippen LogP contribution >= 0.6 is 11.3 Å². The van der Waals surface area contributed by atoms with E-state index in [-0.39, 0.29) is 5.91 Å². The van der Waals surface area contributed by atoms with Gasteiger partial charge in [0.2, 0.25) is 11.7 Å². The maximum Gasteiger partial charge on any atom is 0.411 e. The first-order chi connectivity index (χ1) is 19.5. The summed E-state index contributed by atoms with van der Waals surface area (Å²) in [5.74, 6) is -1.83. The molecule has 2 aromatic rings. The van der Waals surface area contributed by atoms with E-state index in [2.05, 4.69) is 26.2 Å². The molecule has 42 heavy (non-hydrogen) atoms. The molecule has 3 amide bonds. The average molecular weight is 604 g/mol. The molecule has 1 aromatic carbocycles. The van der Waals surface area contributed by atoms with Gasteiger partial charge < -0.3 is 26.2 Å². The second-order valence-corrected chi connectivity index (χ2v) is 13.7. The second-order valence-electron chi connectivity index (χ2n) is 12.6. The second kappa shape index (κ2) is 13.3. The number of carboxylic acid groups (broad SMARTS) is 2. The summed E-state index contributed by atoms with van der Waals surface area (Å²) in [4.78, 5) is 45.5. The normalized spacial score (nSPS) is 15.9. The van der Waals surface area contributed by atoms with Crippen LogP contribution in [0.25, 0.3) is 0 Å². The summed E-state index contributed by atoms with van der Waals surface area (Å²) in [6.45, 7) is 16.6. The number of aromatic nitrogens is 1. The number of carbonyl (C=O) groups excluding carboxylic acids is 1. The van der Waals surface area contributed by atoms with E-state index < -0.39 is 28.9 Å². The maximum absolute atomic E-state index is 12.5. The number of hydrogen-bond acceptors (Lipinski definition) is 8. The van der Waals surface area contributed by atoms with Crippen molar-refractivity contribution in [2.45, 2.75) is 79.2 Å². The molecule has 1 unspecified atom stereocenters. The SMILES string of the molecule is CC(=O)Nc1nc(CCc2ccc(NC(NC(=O)O)(N(C(=O)O)C(C)(C)C)C(C)(C)C)cc2)c(CN2CCNCC2)s1. The highest BCUT2D eigenvalue weighted by Gasteiger charge is 2.54. The fourth-order valence-corrected chi connectivity index (χ4v) is 6.24. The maximum atomic E-state index is 12.5. The Hall–Kier alpha value is -3.42. The van der Waals surface area contributed by atoms with Crippen LogP contribution in [0.3, 0.4) is 0 Å². The van der Waals surface area contributed by atoms with Crippen molar-refractivity contribution < 1.29 is 24.6 Å². The number of nitrogens with one attached hydrogen (secondary N) is 4. The lowest BCUT2D eigenvalue weighted by Gasteiger charge is -2.55. The van der Waals surface area contributed by atoms with E-state index in [1.807, 2.05) is 24.3 Å².